The van der Waals surface area contributed by atoms with Gasteiger partial charge in [-0.15, -0.1) is 0 Å². The van der Waals surface area contributed by atoms with Crippen LogP contribution in [0.15, 0.2) is 102 Å². The van der Waals surface area contributed by atoms with Crippen molar-refractivity contribution in [3.05, 3.63) is 108 Å². The molecular weight excluding hydrogens is 577 g/mol. The molecule has 2 aliphatic heterocycles. The highest BCUT2D eigenvalue weighted by Gasteiger charge is 2.41. The second-order valence-corrected chi connectivity index (χ2v) is 10.9. The molecule has 0 amide bonds. The van der Waals surface area contributed by atoms with Crippen LogP contribution < -0.4 is 30.4 Å². The monoisotopic (exact) mass is 609 g/mol. The SMILES string of the molecule is COc1ccc(C2=CC(c3ccc(N)cc3)=[N+]3[B]n4c(-c5ccc(N)cc5)cc(-c5ccc(OC)c(OC)c5)c4N=C23)cc1OC. The van der Waals surface area contributed by atoms with Crippen molar-refractivity contribution in [3.8, 4) is 45.4 Å². The van der Waals surface area contributed by atoms with Crippen LogP contribution in [0.5, 0.6) is 23.0 Å². The number of rotatable bonds is 8. The Labute approximate surface area is 267 Å². The van der Waals surface area contributed by atoms with Gasteiger partial charge in [-0.25, -0.2) is 0 Å². The second-order valence-electron chi connectivity index (χ2n) is 10.9. The van der Waals surface area contributed by atoms with E-state index in [-0.39, 0.29) is 0 Å². The van der Waals surface area contributed by atoms with Crippen LogP contribution >= 0.6 is 0 Å². The first-order chi connectivity index (χ1) is 22.4. The predicted molar refractivity (Wildman–Crippen MR) is 184 cm³/mol. The molecule has 46 heavy (non-hydrogen) atoms. The molecule has 4 N–H and O–H groups in total. The first-order valence-electron chi connectivity index (χ1n) is 14.7. The minimum Gasteiger partial charge on any atom is -0.493 e. The molecule has 9 nitrogen and oxygen atoms in total. The molecule has 4 aromatic carbocycles. The van der Waals surface area contributed by atoms with Gasteiger partial charge in [-0.05, 0) is 94.5 Å². The highest BCUT2D eigenvalue weighted by atomic mass is 16.5. The standard InChI is InChI=1S/C36H32BN5O4/c1-43-31-15-9-23(17-33(31)45-3)27-19-29(21-5-11-25(38)12-6-21)41-35(27)40-36-28(24-10-16-32(44-2)34(18-24)46-4)20-30(42(36)37-41)22-7-13-26(39)14-8-22/h5-20H,38-39H2,1-4H3/q+1. The largest absolute Gasteiger partial charge is 0.555 e. The lowest BCUT2D eigenvalue weighted by molar-refractivity contribution is -0.236. The average Bonchev–Trinajstić information content (AvgIpc) is 3.66. The third-order valence-electron chi connectivity index (χ3n) is 8.26. The van der Waals surface area contributed by atoms with E-state index in [1.807, 2.05) is 84.9 Å². The van der Waals surface area contributed by atoms with Crippen molar-refractivity contribution in [3.63, 3.8) is 0 Å². The van der Waals surface area contributed by atoms with E-state index in [9.17, 15) is 0 Å². The molecule has 0 atom stereocenters. The smallest absolute Gasteiger partial charge is 0.493 e. The maximum atomic E-state index is 6.06. The van der Waals surface area contributed by atoms with E-state index in [1.54, 1.807) is 28.4 Å². The Hall–Kier alpha value is -5.90. The summed E-state index contributed by atoms with van der Waals surface area (Å²) in [4.78, 5) is 5.39. The molecular formula is C36H32BN5O4+. The zero-order chi connectivity index (χ0) is 31.9. The van der Waals surface area contributed by atoms with E-state index >= 15 is 0 Å². The molecule has 7 rings (SSSR count). The Morgan fingerprint density at radius 3 is 1.72 bits per heavy atom. The topological polar surface area (TPSA) is 109 Å². The first kappa shape index (κ1) is 28.9. The molecule has 1 radical (unpaired) electrons. The number of amidine groups is 1. The number of anilines is 2. The molecule has 5 aromatic rings. The lowest BCUT2D eigenvalue weighted by Gasteiger charge is -2.15. The van der Waals surface area contributed by atoms with E-state index in [0.717, 1.165) is 56.4 Å². The quantitative estimate of drug-likeness (QED) is 0.164. The van der Waals surface area contributed by atoms with Crippen molar-refractivity contribution in [2.45, 2.75) is 0 Å². The van der Waals surface area contributed by atoms with Gasteiger partial charge in [0.25, 0.3) is 0 Å². The number of hydrogen-bond acceptors (Lipinski definition) is 7. The molecule has 0 fully saturated rings. The molecule has 0 saturated heterocycles. The number of ether oxygens (including phenoxy) is 4. The fourth-order valence-electron chi connectivity index (χ4n) is 5.89. The second kappa shape index (κ2) is 11.6. The van der Waals surface area contributed by atoms with Crippen LogP contribution in [0.3, 0.4) is 0 Å². The van der Waals surface area contributed by atoms with Crippen LogP contribution in [0.1, 0.15) is 11.1 Å². The van der Waals surface area contributed by atoms with Gasteiger partial charge in [-0.3, -0.25) is 4.49 Å². The van der Waals surface area contributed by atoms with Gasteiger partial charge >= 0.3 is 13.4 Å². The van der Waals surface area contributed by atoms with Crippen molar-refractivity contribution in [1.29, 1.82) is 0 Å². The highest BCUT2D eigenvalue weighted by Crippen LogP contribution is 2.44. The van der Waals surface area contributed by atoms with E-state index in [4.69, 9.17) is 35.4 Å². The number of nitrogens with two attached hydrogens (primary N) is 2. The van der Waals surface area contributed by atoms with Crippen LogP contribution in [0.4, 0.5) is 17.2 Å². The molecule has 0 aliphatic carbocycles. The summed E-state index contributed by atoms with van der Waals surface area (Å²) in [5.74, 6) is 4.12. The summed E-state index contributed by atoms with van der Waals surface area (Å²) >= 11 is 0. The van der Waals surface area contributed by atoms with Gasteiger partial charge < -0.3 is 34.9 Å². The molecule has 0 spiro atoms. The summed E-state index contributed by atoms with van der Waals surface area (Å²) in [7, 11) is 8.61. The predicted octanol–water partition coefficient (Wildman–Crippen LogP) is 6.05. The maximum Gasteiger partial charge on any atom is 0.555 e. The Kier molecular flexibility index (Phi) is 7.25. The van der Waals surface area contributed by atoms with Crippen molar-refractivity contribution >= 4 is 41.9 Å². The summed E-state index contributed by atoms with van der Waals surface area (Å²) in [5.41, 5.74) is 21.2. The molecule has 0 unspecified atom stereocenters. The number of aliphatic imine (C=N–C) groups is 1. The molecule has 0 saturated carbocycles. The number of benzene rings is 4. The molecule has 227 valence electrons. The summed E-state index contributed by atoms with van der Waals surface area (Å²) in [6.45, 7) is 0. The first-order valence-corrected chi connectivity index (χ1v) is 14.7. The van der Waals surface area contributed by atoms with Crippen molar-refractivity contribution in [2.75, 3.05) is 39.9 Å². The van der Waals surface area contributed by atoms with Gasteiger partial charge in [0, 0.05) is 22.6 Å². The summed E-state index contributed by atoms with van der Waals surface area (Å²) in [6.07, 6.45) is 2.15. The van der Waals surface area contributed by atoms with Gasteiger partial charge in [0.1, 0.15) is 5.71 Å². The molecule has 0 bridgehead atoms. The molecule has 2 aliphatic rings. The highest BCUT2D eigenvalue weighted by molar-refractivity contribution is 6.43. The number of fused-ring (bicyclic) bond motifs is 2. The number of methoxy groups -OCH3 is 4. The number of nitrogen functional groups attached to an aromatic ring is 2. The van der Waals surface area contributed by atoms with Crippen LogP contribution in [0.2, 0.25) is 0 Å². The van der Waals surface area contributed by atoms with Gasteiger partial charge in [0.2, 0.25) is 5.82 Å². The molecule has 10 heteroatoms. The third-order valence-corrected chi connectivity index (χ3v) is 8.26. The van der Waals surface area contributed by atoms with E-state index in [0.29, 0.717) is 34.4 Å². The minimum absolute atomic E-state index is 0.633. The molecule has 1 aromatic heterocycles. The number of allylic oxidation sites excluding steroid dienone is 1. The number of nitrogens with zero attached hydrogens (tertiary/aromatic N) is 3. The van der Waals surface area contributed by atoms with Crippen LogP contribution in [-0.2, 0) is 0 Å². The van der Waals surface area contributed by atoms with Gasteiger partial charge in [-0.1, -0.05) is 24.3 Å². The zero-order valence-corrected chi connectivity index (χ0v) is 25.9. The van der Waals surface area contributed by atoms with Crippen molar-refractivity contribution < 1.29 is 23.4 Å². The lowest BCUT2D eigenvalue weighted by atomic mass is 10.0. The summed E-state index contributed by atoms with van der Waals surface area (Å²) in [6, 6.07) is 29.6. The van der Waals surface area contributed by atoms with E-state index in [1.165, 1.54) is 0 Å². The normalized spacial score (nSPS) is 13.3. The van der Waals surface area contributed by atoms with Gasteiger partial charge in [0.05, 0.1) is 39.6 Å². The zero-order valence-electron chi connectivity index (χ0n) is 25.9. The molecule has 3 heterocycles. The third kappa shape index (κ3) is 4.84. The summed E-state index contributed by atoms with van der Waals surface area (Å²) in [5, 5.41) is 0. The van der Waals surface area contributed by atoms with Crippen molar-refractivity contribution in [2.24, 2.45) is 4.99 Å². The number of hydrogen-bond donors (Lipinski definition) is 2. The minimum atomic E-state index is 0.633. The Morgan fingerprint density at radius 2 is 1.13 bits per heavy atom. The van der Waals surface area contributed by atoms with Crippen LogP contribution in [-0.4, -0.2) is 56.5 Å². The fraction of sp³-hybridized carbons (Fsp3) is 0.111. The Morgan fingerprint density at radius 1 is 0.609 bits per heavy atom. The Balaban J connectivity index is 1.48. The number of aromatic nitrogens is 1. The average molecular weight is 609 g/mol. The van der Waals surface area contributed by atoms with E-state index < -0.39 is 0 Å². The van der Waals surface area contributed by atoms with Crippen LogP contribution in [0, 0.1) is 0 Å². The van der Waals surface area contributed by atoms with Crippen LogP contribution in [0.25, 0.3) is 28.0 Å². The Bertz CT molecular complexity index is 2080. The van der Waals surface area contributed by atoms with Gasteiger partial charge in [-0.2, -0.15) is 0 Å². The van der Waals surface area contributed by atoms with E-state index in [2.05, 4.69) is 28.7 Å². The fourth-order valence-corrected chi connectivity index (χ4v) is 5.89. The summed E-state index contributed by atoms with van der Waals surface area (Å²) < 4.78 is 26.6. The lowest BCUT2D eigenvalue weighted by Crippen LogP contribution is -2.34. The maximum absolute atomic E-state index is 6.06. The van der Waals surface area contributed by atoms with Gasteiger partial charge in [0.15, 0.2) is 23.0 Å². The van der Waals surface area contributed by atoms with Crippen molar-refractivity contribution in [1.82, 2.24) is 4.48 Å².